The van der Waals surface area contributed by atoms with E-state index in [1.807, 2.05) is 38.1 Å². The Balaban J connectivity index is 1.99. The number of benzene rings is 2. The van der Waals surface area contributed by atoms with Crippen LogP contribution in [0.1, 0.15) is 23.6 Å². The van der Waals surface area contributed by atoms with Gasteiger partial charge in [-0.05, 0) is 44.0 Å². The second-order valence-corrected chi connectivity index (χ2v) is 6.52. The Bertz CT molecular complexity index is 876. The van der Waals surface area contributed by atoms with Crippen molar-refractivity contribution in [1.82, 2.24) is 0 Å². The van der Waals surface area contributed by atoms with Crippen LogP contribution in [-0.2, 0) is 14.3 Å². The van der Waals surface area contributed by atoms with E-state index in [0.29, 0.717) is 16.5 Å². The molecular formula is C21H22ClNO4. The van der Waals surface area contributed by atoms with Crippen molar-refractivity contribution in [3.8, 4) is 5.75 Å². The van der Waals surface area contributed by atoms with Gasteiger partial charge in [0.2, 0.25) is 0 Å². The number of aryl methyl sites for hydroxylation is 2. The van der Waals surface area contributed by atoms with Gasteiger partial charge in [0, 0.05) is 17.2 Å². The second kappa shape index (κ2) is 9.24. The SMILES string of the molecule is COc1cc(Cl)c(C)cc1NC(=O)[C@H](C)OC(=O)/C=C/c1cccc(C)c1. The minimum atomic E-state index is -0.972. The lowest BCUT2D eigenvalue weighted by Gasteiger charge is -2.15. The largest absolute Gasteiger partial charge is 0.495 e. The molecule has 0 unspecified atom stereocenters. The topological polar surface area (TPSA) is 64.6 Å². The number of halogens is 1. The summed E-state index contributed by atoms with van der Waals surface area (Å²) in [6, 6.07) is 11.0. The van der Waals surface area contributed by atoms with Gasteiger partial charge in [-0.25, -0.2) is 4.79 Å². The lowest BCUT2D eigenvalue weighted by Crippen LogP contribution is -2.29. The highest BCUT2D eigenvalue weighted by Gasteiger charge is 2.19. The van der Waals surface area contributed by atoms with E-state index in [1.165, 1.54) is 20.1 Å². The number of hydrogen-bond donors (Lipinski definition) is 1. The molecule has 6 heteroatoms. The van der Waals surface area contributed by atoms with E-state index < -0.39 is 18.0 Å². The molecule has 1 amide bonds. The number of carbonyl (C=O) groups excluding carboxylic acids is 2. The van der Waals surface area contributed by atoms with Crippen molar-refractivity contribution in [3.63, 3.8) is 0 Å². The van der Waals surface area contributed by atoms with Gasteiger partial charge in [-0.2, -0.15) is 0 Å². The second-order valence-electron chi connectivity index (χ2n) is 6.12. The molecule has 0 heterocycles. The average Bonchev–Trinajstić information content (AvgIpc) is 2.62. The highest BCUT2D eigenvalue weighted by molar-refractivity contribution is 6.31. The van der Waals surface area contributed by atoms with Gasteiger partial charge in [0.05, 0.1) is 12.8 Å². The Labute approximate surface area is 163 Å². The summed E-state index contributed by atoms with van der Waals surface area (Å²) in [4.78, 5) is 24.3. The molecule has 0 aliphatic carbocycles. The monoisotopic (exact) mass is 387 g/mol. The van der Waals surface area contributed by atoms with Crippen LogP contribution in [0.2, 0.25) is 5.02 Å². The third kappa shape index (κ3) is 5.86. The average molecular weight is 388 g/mol. The summed E-state index contributed by atoms with van der Waals surface area (Å²) in [6.07, 6.45) is 1.97. The minimum Gasteiger partial charge on any atom is -0.495 e. The van der Waals surface area contributed by atoms with Crippen LogP contribution in [0, 0.1) is 13.8 Å². The van der Waals surface area contributed by atoms with E-state index in [4.69, 9.17) is 21.1 Å². The first-order valence-electron chi connectivity index (χ1n) is 8.40. The predicted octanol–water partition coefficient (Wildman–Crippen LogP) is 4.55. The maximum absolute atomic E-state index is 12.3. The molecule has 0 aliphatic heterocycles. The molecule has 0 bridgehead atoms. The highest BCUT2D eigenvalue weighted by atomic mass is 35.5. The fraction of sp³-hybridized carbons (Fsp3) is 0.238. The molecule has 0 aliphatic rings. The number of esters is 1. The van der Waals surface area contributed by atoms with E-state index in [2.05, 4.69) is 5.32 Å². The van der Waals surface area contributed by atoms with Crippen LogP contribution in [-0.4, -0.2) is 25.1 Å². The predicted molar refractivity (Wildman–Crippen MR) is 107 cm³/mol. The summed E-state index contributed by atoms with van der Waals surface area (Å²) < 4.78 is 10.4. The molecule has 5 nitrogen and oxygen atoms in total. The molecule has 0 saturated heterocycles. The van der Waals surface area contributed by atoms with Crippen molar-refractivity contribution >= 4 is 35.2 Å². The van der Waals surface area contributed by atoms with Crippen molar-refractivity contribution in [2.45, 2.75) is 26.9 Å². The van der Waals surface area contributed by atoms with Gasteiger partial charge >= 0.3 is 5.97 Å². The molecule has 0 aromatic heterocycles. The lowest BCUT2D eigenvalue weighted by atomic mass is 10.1. The number of anilines is 1. The summed E-state index contributed by atoms with van der Waals surface area (Å²) in [7, 11) is 1.48. The normalized spacial score (nSPS) is 11.9. The number of methoxy groups -OCH3 is 1. The Morgan fingerprint density at radius 1 is 1.19 bits per heavy atom. The van der Waals surface area contributed by atoms with Crippen molar-refractivity contribution in [2.24, 2.45) is 0 Å². The smallest absolute Gasteiger partial charge is 0.331 e. The van der Waals surface area contributed by atoms with Crippen LogP contribution in [0.15, 0.2) is 42.5 Å². The standard InChI is InChI=1S/C21H22ClNO4/c1-13-6-5-7-16(10-13)8-9-20(24)27-15(3)21(25)23-18-11-14(2)17(22)12-19(18)26-4/h5-12,15H,1-4H3,(H,23,25)/b9-8+/t15-/m0/s1. The van der Waals surface area contributed by atoms with Gasteiger partial charge in [0.25, 0.3) is 5.91 Å². The Hall–Kier alpha value is -2.79. The van der Waals surface area contributed by atoms with E-state index >= 15 is 0 Å². The first-order valence-corrected chi connectivity index (χ1v) is 8.78. The Kier molecular flexibility index (Phi) is 7.02. The molecule has 0 fully saturated rings. The van der Waals surface area contributed by atoms with Gasteiger partial charge in [0.1, 0.15) is 5.75 Å². The molecule has 2 aromatic rings. The molecule has 0 saturated carbocycles. The highest BCUT2D eigenvalue weighted by Crippen LogP contribution is 2.31. The summed E-state index contributed by atoms with van der Waals surface area (Å²) in [6.45, 7) is 5.29. The minimum absolute atomic E-state index is 0.428. The van der Waals surface area contributed by atoms with E-state index in [-0.39, 0.29) is 0 Å². The van der Waals surface area contributed by atoms with Crippen LogP contribution in [0.4, 0.5) is 5.69 Å². The molecule has 2 rings (SSSR count). The Morgan fingerprint density at radius 2 is 1.93 bits per heavy atom. The lowest BCUT2D eigenvalue weighted by molar-refractivity contribution is -0.148. The Morgan fingerprint density at radius 3 is 2.59 bits per heavy atom. The van der Waals surface area contributed by atoms with Crippen LogP contribution >= 0.6 is 11.6 Å². The number of carbonyl (C=O) groups is 2. The first-order chi connectivity index (χ1) is 12.8. The molecule has 2 aromatic carbocycles. The molecule has 27 heavy (non-hydrogen) atoms. The van der Waals surface area contributed by atoms with Crippen molar-refractivity contribution in [1.29, 1.82) is 0 Å². The number of rotatable bonds is 6. The van der Waals surface area contributed by atoms with Crippen LogP contribution in [0.5, 0.6) is 5.75 Å². The first kappa shape index (κ1) is 20.5. The number of hydrogen-bond acceptors (Lipinski definition) is 4. The van der Waals surface area contributed by atoms with Gasteiger partial charge in [-0.3, -0.25) is 4.79 Å². The maximum Gasteiger partial charge on any atom is 0.331 e. The quantitative estimate of drug-likeness (QED) is 0.583. The van der Waals surface area contributed by atoms with E-state index in [9.17, 15) is 9.59 Å². The van der Waals surface area contributed by atoms with Crippen LogP contribution in [0.3, 0.4) is 0 Å². The third-order valence-electron chi connectivity index (χ3n) is 3.85. The number of nitrogens with one attached hydrogen (secondary N) is 1. The summed E-state index contributed by atoms with van der Waals surface area (Å²) in [5, 5.41) is 3.22. The van der Waals surface area contributed by atoms with Crippen LogP contribution < -0.4 is 10.1 Å². The summed E-state index contributed by atoms with van der Waals surface area (Å²) in [5.41, 5.74) is 3.22. The maximum atomic E-state index is 12.3. The zero-order valence-electron chi connectivity index (χ0n) is 15.7. The number of ether oxygens (including phenoxy) is 2. The van der Waals surface area contributed by atoms with E-state index in [1.54, 1.807) is 18.2 Å². The fourth-order valence-electron chi connectivity index (χ4n) is 2.37. The van der Waals surface area contributed by atoms with E-state index in [0.717, 1.165) is 16.7 Å². The molecule has 1 N–H and O–H groups in total. The van der Waals surface area contributed by atoms with Crippen molar-refractivity contribution in [3.05, 3.63) is 64.2 Å². The van der Waals surface area contributed by atoms with Gasteiger partial charge in [0.15, 0.2) is 6.10 Å². The van der Waals surface area contributed by atoms with Crippen LogP contribution in [0.25, 0.3) is 6.08 Å². The van der Waals surface area contributed by atoms with Crippen molar-refractivity contribution in [2.75, 3.05) is 12.4 Å². The van der Waals surface area contributed by atoms with Gasteiger partial charge in [-0.15, -0.1) is 0 Å². The molecule has 0 spiro atoms. The van der Waals surface area contributed by atoms with Gasteiger partial charge < -0.3 is 14.8 Å². The molecule has 142 valence electrons. The summed E-state index contributed by atoms with van der Waals surface area (Å²) in [5.74, 6) is -0.637. The molecule has 0 radical (unpaired) electrons. The molecule has 1 atom stereocenters. The number of amides is 1. The molecular weight excluding hydrogens is 366 g/mol. The summed E-state index contributed by atoms with van der Waals surface area (Å²) >= 11 is 6.06. The van der Waals surface area contributed by atoms with Crippen molar-refractivity contribution < 1.29 is 19.1 Å². The zero-order chi connectivity index (χ0) is 20.0. The third-order valence-corrected chi connectivity index (χ3v) is 4.26. The van der Waals surface area contributed by atoms with Gasteiger partial charge in [-0.1, -0.05) is 41.4 Å². The fourth-order valence-corrected chi connectivity index (χ4v) is 2.52. The zero-order valence-corrected chi connectivity index (χ0v) is 16.5.